The molecule has 2 heterocycles. The highest BCUT2D eigenvalue weighted by molar-refractivity contribution is 7.98. The highest BCUT2D eigenvalue weighted by Crippen LogP contribution is 2.39. The monoisotopic (exact) mass is 380 g/mol. The van der Waals surface area contributed by atoms with E-state index in [0.29, 0.717) is 0 Å². The molecule has 0 radical (unpaired) electrons. The molecular formula is C20H17FN4OS. The zero-order valence-electron chi connectivity index (χ0n) is 14.8. The quantitative estimate of drug-likeness (QED) is 0.475. The summed E-state index contributed by atoms with van der Waals surface area (Å²) in [5, 5.41) is 5.62. The van der Waals surface area contributed by atoms with Crippen molar-refractivity contribution in [2.24, 2.45) is 0 Å². The lowest BCUT2D eigenvalue weighted by Gasteiger charge is -2.13. The summed E-state index contributed by atoms with van der Waals surface area (Å²) in [5.41, 5.74) is 3.40. The molecule has 0 spiro atoms. The van der Waals surface area contributed by atoms with Crippen LogP contribution in [0.2, 0.25) is 0 Å². The van der Waals surface area contributed by atoms with Crippen molar-refractivity contribution in [1.82, 2.24) is 19.3 Å². The minimum Gasteiger partial charge on any atom is -0.496 e. The lowest BCUT2D eigenvalue weighted by Crippen LogP contribution is -2.02. The zero-order chi connectivity index (χ0) is 18.8. The van der Waals surface area contributed by atoms with E-state index >= 15 is 0 Å². The number of hydrogen-bond donors (Lipinski definition) is 0. The van der Waals surface area contributed by atoms with Crippen LogP contribution in [-0.4, -0.2) is 32.7 Å². The van der Waals surface area contributed by atoms with Crippen molar-refractivity contribution in [3.05, 3.63) is 73.1 Å². The topological polar surface area (TPSA) is 44.9 Å². The van der Waals surface area contributed by atoms with E-state index in [1.807, 2.05) is 46.0 Å². The molecule has 0 amide bonds. The highest BCUT2D eigenvalue weighted by Gasteiger charge is 2.23. The van der Waals surface area contributed by atoms with Gasteiger partial charge in [0.05, 0.1) is 19.1 Å². The maximum absolute atomic E-state index is 13.5. The molecule has 4 aromatic rings. The lowest BCUT2D eigenvalue weighted by molar-refractivity contribution is 0.416. The second-order valence-electron chi connectivity index (χ2n) is 5.76. The molecule has 4 rings (SSSR count). The number of ether oxygens (including phenoxy) is 1. The predicted molar refractivity (Wildman–Crippen MR) is 104 cm³/mol. The molecule has 136 valence electrons. The first kappa shape index (κ1) is 17.4. The molecule has 5 nitrogen and oxygen atoms in total. The van der Waals surface area contributed by atoms with Crippen LogP contribution >= 0.6 is 11.8 Å². The Labute approximate surface area is 160 Å². The standard InChI is InChI=1S/C20H17FN4OS/c1-26-17-6-4-3-5-16(17)18-19(24-12-11-22-13-24)20(27-2)23-25(18)15-9-7-14(21)8-10-15/h3-13H,1-2H3. The number of hydrogen-bond acceptors (Lipinski definition) is 4. The van der Waals surface area contributed by atoms with Crippen LogP contribution in [0, 0.1) is 5.82 Å². The average Bonchev–Trinajstić information content (AvgIpc) is 3.35. The Morgan fingerprint density at radius 1 is 1.07 bits per heavy atom. The Balaban J connectivity index is 2.06. The van der Waals surface area contributed by atoms with Gasteiger partial charge in [-0.2, -0.15) is 5.10 Å². The molecule has 0 fully saturated rings. The van der Waals surface area contributed by atoms with E-state index in [1.54, 1.807) is 31.8 Å². The summed E-state index contributed by atoms with van der Waals surface area (Å²) in [6.07, 6.45) is 7.32. The Kier molecular flexibility index (Phi) is 4.68. The van der Waals surface area contributed by atoms with Crippen LogP contribution in [-0.2, 0) is 0 Å². The molecule has 0 bridgehead atoms. The first-order valence-electron chi connectivity index (χ1n) is 8.27. The summed E-state index contributed by atoms with van der Waals surface area (Å²) in [4.78, 5) is 4.18. The largest absolute Gasteiger partial charge is 0.496 e. The predicted octanol–water partition coefficient (Wildman–Crippen LogP) is 4.59. The van der Waals surface area contributed by atoms with E-state index in [0.717, 1.165) is 33.4 Å². The SMILES string of the molecule is COc1ccccc1-c1c(-n2ccnc2)c(SC)nn1-c1ccc(F)cc1. The molecule has 2 aromatic carbocycles. The van der Waals surface area contributed by atoms with E-state index < -0.39 is 0 Å². The van der Waals surface area contributed by atoms with Crippen LogP contribution in [0.1, 0.15) is 0 Å². The van der Waals surface area contributed by atoms with Gasteiger partial charge in [-0.25, -0.2) is 14.1 Å². The smallest absolute Gasteiger partial charge is 0.143 e. The van der Waals surface area contributed by atoms with Gasteiger partial charge in [-0.3, -0.25) is 0 Å². The molecule has 0 atom stereocenters. The van der Waals surface area contributed by atoms with E-state index in [1.165, 1.54) is 23.9 Å². The van der Waals surface area contributed by atoms with Crippen LogP contribution in [0.3, 0.4) is 0 Å². The minimum atomic E-state index is -0.287. The van der Waals surface area contributed by atoms with Crippen molar-refractivity contribution >= 4 is 11.8 Å². The number of halogens is 1. The van der Waals surface area contributed by atoms with E-state index in [4.69, 9.17) is 9.84 Å². The molecule has 0 N–H and O–H groups in total. The number of rotatable bonds is 5. The van der Waals surface area contributed by atoms with Gasteiger partial charge < -0.3 is 9.30 Å². The second-order valence-corrected chi connectivity index (χ2v) is 6.56. The Morgan fingerprint density at radius 2 is 1.85 bits per heavy atom. The Hall–Kier alpha value is -3.06. The number of aromatic nitrogens is 4. The van der Waals surface area contributed by atoms with Crippen LogP contribution in [0.25, 0.3) is 22.6 Å². The molecule has 7 heteroatoms. The minimum absolute atomic E-state index is 0.287. The summed E-state index contributed by atoms with van der Waals surface area (Å²) in [7, 11) is 1.64. The maximum atomic E-state index is 13.5. The van der Waals surface area contributed by atoms with Crippen molar-refractivity contribution in [3.8, 4) is 28.4 Å². The zero-order valence-corrected chi connectivity index (χ0v) is 15.7. The van der Waals surface area contributed by atoms with E-state index in [9.17, 15) is 4.39 Å². The molecule has 2 aromatic heterocycles. The molecule has 27 heavy (non-hydrogen) atoms. The summed E-state index contributed by atoms with van der Waals surface area (Å²) < 4.78 is 22.8. The molecule has 0 saturated carbocycles. The number of benzene rings is 2. The van der Waals surface area contributed by atoms with Gasteiger partial charge in [-0.1, -0.05) is 12.1 Å². The van der Waals surface area contributed by atoms with E-state index in [2.05, 4.69) is 4.98 Å². The lowest BCUT2D eigenvalue weighted by atomic mass is 10.1. The van der Waals surface area contributed by atoms with Crippen LogP contribution < -0.4 is 4.74 Å². The van der Waals surface area contributed by atoms with Gasteiger partial charge in [0.15, 0.2) is 0 Å². The molecule has 0 unspecified atom stereocenters. The van der Waals surface area contributed by atoms with Crippen molar-refractivity contribution < 1.29 is 9.13 Å². The molecule has 0 aliphatic rings. The van der Waals surface area contributed by atoms with Gasteiger partial charge >= 0.3 is 0 Å². The number of para-hydroxylation sites is 1. The van der Waals surface area contributed by atoms with Gasteiger partial charge in [0.25, 0.3) is 0 Å². The second kappa shape index (κ2) is 7.28. The fraction of sp³-hybridized carbons (Fsp3) is 0.100. The number of imidazole rings is 1. The highest BCUT2D eigenvalue weighted by atomic mass is 32.2. The Bertz CT molecular complexity index is 1060. The fourth-order valence-corrected chi connectivity index (χ4v) is 3.56. The summed E-state index contributed by atoms with van der Waals surface area (Å²) >= 11 is 1.54. The Morgan fingerprint density at radius 3 is 2.52 bits per heavy atom. The molecular weight excluding hydrogens is 363 g/mol. The van der Waals surface area contributed by atoms with Crippen LogP contribution in [0.4, 0.5) is 4.39 Å². The van der Waals surface area contributed by atoms with Gasteiger partial charge in [0.1, 0.15) is 28.0 Å². The molecule has 0 saturated heterocycles. The molecule has 0 aliphatic carbocycles. The number of nitrogens with zero attached hydrogens (tertiary/aromatic N) is 4. The first-order chi connectivity index (χ1) is 13.2. The fourth-order valence-electron chi connectivity index (χ4n) is 3.00. The third-order valence-electron chi connectivity index (χ3n) is 4.22. The van der Waals surface area contributed by atoms with Crippen molar-refractivity contribution in [1.29, 1.82) is 0 Å². The molecule has 0 aliphatic heterocycles. The maximum Gasteiger partial charge on any atom is 0.143 e. The summed E-state index contributed by atoms with van der Waals surface area (Å²) in [6.45, 7) is 0. The third-order valence-corrected chi connectivity index (χ3v) is 4.88. The first-order valence-corrected chi connectivity index (χ1v) is 9.50. The van der Waals surface area contributed by atoms with Gasteiger partial charge in [-0.05, 0) is 42.7 Å². The number of methoxy groups -OCH3 is 1. The number of thioether (sulfide) groups is 1. The van der Waals surface area contributed by atoms with Crippen LogP contribution in [0.15, 0.2) is 72.3 Å². The van der Waals surface area contributed by atoms with Crippen molar-refractivity contribution in [3.63, 3.8) is 0 Å². The van der Waals surface area contributed by atoms with Gasteiger partial charge in [-0.15, -0.1) is 11.8 Å². The van der Waals surface area contributed by atoms with Crippen molar-refractivity contribution in [2.75, 3.05) is 13.4 Å². The third kappa shape index (κ3) is 3.10. The van der Waals surface area contributed by atoms with Crippen molar-refractivity contribution in [2.45, 2.75) is 5.03 Å². The van der Waals surface area contributed by atoms with Gasteiger partial charge in [0, 0.05) is 18.0 Å². The van der Waals surface area contributed by atoms with Crippen LogP contribution in [0.5, 0.6) is 5.75 Å². The van der Waals surface area contributed by atoms with Gasteiger partial charge in [0.2, 0.25) is 0 Å². The van der Waals surface area contributed by atoms with E-state index in [-0.39, 0.29) is 5.82 Å². The summed E-state index contributed by atoms with van der Waals surface area (Å²) in [5.74, 6) is 0.444. The average molecular weight is 380 g/mol. The normalized spacial score (nSPS) is 10.9. The summed E-state index contributed by atoms with van der Waals surface area (Å²) in [6, 6.07) is 14.1.